The number of aliphatic imine (C=N–C) groups is 1. The number of rotatable bonds is 3. The first-order chi connectivity index (χ1) is 8.15. The van der Waals surface area contributed by atoms with Crippen LogP contribution in [-0.4, -0.2) is 11.1 Å². The molecule has 1 heterocycles. The molecule has 0 fully saturated rings. The lowest BCUT2D eigenvalue weighted by Gasteiger charge is -1.91. The molecule has 0 atom stereocenters. The average Bonchev–Trinajstić information content (AvgIpc) is 2.75. The molecule has 0 unspecified atom stereocenters. The van der Waals surface area contributed by atoms with Gasteiger partial charge >= 0.3 is 5.00 Å². The maximum atomic E-state index is 12.8. The number of benzene rings is 1. The number of nitro groups is 1. The Labute approximate surface area is 100 Å². The van der Waals surface area contributed by atoms with Gasteiger partial charge in [-0.2, -0.15) is 0 Å². The van der Waals surface area contributed by atoms with E-state index in [1.807, 2.05) is 0 Å². The topological polar surface area (TPSA) is 55.5 Å². The molecule has 0 N–H and O–H groups in total. The fraction of sp³-hybridized carbons (Fsp3) is 0. The molecule has 6 heteroatoms. The zero-order chi connectivity index (χ0) is 12.3. The fourth-order valence-electron chi connectivity index (χ4n) is 1.20. The molecule has 0 aliphatic rings. The van der Waals surface area contributed by atoms with Gasteiger partial charge in [-0.05, 0) is 24.3 Å². The molecule has 0 saturated carbocycles. The van der Waals surface area contributed by atoms with E-state index in [-0.39, 0.29) is 10.8 Å². The summed E-state index contributed by atoms with van der Waals surface area (Å²) in [5.41, 5.74) is 0.473. The molecule has 0 aliphatic heterocycles. The molecule has 0 aliphatic carbocycles. The van der Waals surface area contributed by atoms with Crippen LogP contribution in [0.5, 0.6) is 0 Å². The van der Waals surface area contributed by atoms with E-state index in [0.717, 1.165) is 11.3 Å². The summed E-state index contributed by atoms with van der Waals surface area (Å²) in [6.07, 6.45) is 1.48. The Balaban J connectivity index is 2.17. The van der Waals surface area contributed by atoms with Gasteiger partial charge in [0.15, 0.2) is 0 Å². The number of thiophene rings is 1. The summed E-state index contributed by atoms with van der Waals surface area (Å²) >= 11 is 1.02. The predicted molar refractivity (Wildman–Crippen MR) is 64.6 cm³/mol. The second kappa shape index (κ2) is 4.84. The highest BCUT2D eigenvalue weighted by atomic mass is 32.1. The normalized spacial score (nSPS) is 10.9. The Morgan fingerprint density at radius 3 is 2.82 bits per heavy atom. The van der Waals surface area contributed by atoms with Gasteiger partial charge in [-0.15, -0.1) is 0 Å². The van der Waals surface area contributed by atoms with Crippen LogP contribution in [0.15, 0.2) is 41.4 Å². The number of halogens is 1. The van der Waals surface area contributed by atoms with Gasteiger partial charge in [0, 0.05) is 12.3 Å². The monoisotopic (exact) mass is 250 g/mol. The predicted octanol–water partition coefficient (Wildman–Crippen LogP) is 3.55. The number of hydrogen-bond acceptors (Lipinski definition) is 4. The standard InChI is InChI=1S/C11H7FN2O2S/c12-8-2-1-3-9(6-8)13-7-10-4-5-11(17-10)14(15)16/h1-7H. The molecule has 86 valence electrons. The molecule has 0 bridgehead atoms. The molecule has 0 amide bonds. The van der Waals surface area contributed by atoms with E-state index in [9.17, 15) is 14.5 Å². The van der Waals surface area contributed by atoms with E-state index in [2.05, 4.69) is 4.99 Å². The molecule has 0 spiro atoms. The lowest BCUT2D eigenvalue weighted by molar-refractivity contribution is -0.380. The van der Waals surface area contributed by atoms with Gasteiger partial charge in [0.2, 0.25) is 0 Å². The van der Waals surface area contributed by atoms with Crippen LogP contribution in [0, 0.1) is 15.9 Å². The molecule has 2 rings (SSSR count). The van der Waals surface area contributed by atoms with Crippen LogP contribution in [0.3, 0.4) is 0 Å². The first-order valence-corrected chi connectivity index (χ1v) is 5.51. The van der Waals surface area contributed by atoms with Crippen molar-refractivity contribution in [3.8, 4) is 0 Å². The highest BCUT2D eigenvalue weighted by Crippen LogP contribution is 2.23. The third-order valence-corrected chi connectivity index (χ3v) is 2.91. The smallest absolute Gasteiger partial charge is 0.258 e. The Morgan fingerprint density at radius 2 is 2.18 bits per heavy atom. The second-order valence-corrected chi connectivity index (χ2v) is 4.26. The Morgan fingerprint density at radius 1 is 1.35 bits per heavy atom. The summed E-state index contributed by atoms with van der Waals surface area (Å²) in [6.45, 7) is 0. The molecular weight excluding hydrogens is 243 g/mol. The van der Waals surface area contributed by atoms with Crippen LogP contribution in [0.1, 0.15) is 4.88 Å². The molecule has 1 aromatic heterocycles. The largest absolute Gasteiger partial charge is 0.324 e. The van der Waals surface area contributed by atoms with Gasteiger partial charge in [-0.25, -0.2) is 4.39 Å². The SMILES string of the molecule is O=[N+]([O-])c1ccc(C=Nc2cccc(F)c2)s1. The van der Waals surface area contributed by atoms with Crippen molar-refractivity contribution in [3.63, 3.8) is 0 Å². The quantitative estimate of drug-likeness (QED) is 0.475. The lowest BCUT2D eigenvalue weighted by atomic mass is 10.3. The second-order valence-electron chi connectivity index (χ2n) is 3.17. The van der Waals surface area contributed by atoms with Gasteiger partial charge in [-0.1, -0.05) is 17.4 Å². The zero-order valence-electron chi connectivity index (χ0n) is 8.54. The van der Waals surface area contributed by atoms with Gasteiger partial charge in [-0.3, -0.25) is 15.1 Å². The summed E-state index contributed by atoms with van der Waals surface area (Å²) in [5.74, 6) is -0.364. The summed E-state index contributed by atoms with van der Waals surface area (Å²) in [7, 11) is 0. The average molecular weight is 250 g/mol. The van der Waals surface area contributed by atoms with Gasteiger partial charge in [0.1, 0.15) is 5.82 Å². The number of nitrogens with zero attached hydrogens (tertiary/aromatic N) is 2. The van der Waals surface area contributed by atoms with Crippen LogP contribution in [0.25, 0.3) is 0 Å². The van der Waals surface area contributed by atoms with Crippen molar-refractivity contribution < 1.29 is 9.31 Å². The van der Waals surface area contributed by atoms with Gasteiger partial charge in [0.25, 0.3) is 0 Å². The van der Waals surface area contributed by atoms with Crippen molar-refractivity contribution in [2.24, 2.45) is 4.99 Å². The Kier molecular flexibility index (Phi) is 3.24. The van der Waals surface area contributed by atoms with Crippen molar-refractivity contribution in [3.05, 3.63) is 57.2 Å². The molecule has 17 heavy (non-hydrogen) atoms. The molecule has 1 aromatic carbocycles. The van der Waals surface area contributed by atoms with Crippen molar-refractivity contribution in [1.29, 1.82) is 0 Å². The van der Waals surface area contributed by atoms with Crippen LogP contribution in [-0.2, 0) is 0 Å². The molecule has 0 radical (unpaired) electrons. The summed E-state index contributed by atoms with van der Waals surface area (Å²) < 4.78 is 12.8. The fourth-order valence-corrected chi connectivity index (χ4v) is 1.90. The molecule has 4 nitrogen and oxygen atoms in total. The van der Waals surface area contributed by atoms with Crippen LogP contribution in [0.4, 0.5) is 15.1 Å². The molecule has 2 aromatic rings. The van der Waals surface area contributed by atoms with Gasteiger partial charge in [0.05, 0.1) is 15.5 Å². The maximum absolute atomic E-state index is 12.8. The van der Waals surface area contributed by atoms with E-state index in [4.69, 9.17) is 0 Å². The Hall–Kier alpha value is -2.08. The highest BCUT2D eigenvalue weighted by Gasteiger charge is 2.07. The van der Waals surface area contributed by atoms with Crippen molar-refractivity contribution in [2.45, 2.75) is 0 Å². The van der Waals surface area contributed by atoms with Crippen molar-refractivity contribution >= 4 is 28.2 Å². The summed E-state index contributed by atoms with van der Waals surface area (Å²) in [5, 5.41) is 10.5. The van der Waals surface area contributed by atoms with E-state index in [1.54, 1.807) is 18.2 Å². The van der Waals surface area contributed by atoms with E-state index in [1.165, 1.54) is 24.4 Å². The Bertz CT molecular complexity index is 580. The van der Waals surface area contributed by atoms with Crippen LogP contribution >= 0.6 is 11.3 Å². The third kappa shape index (κ3) is 2.94. The summed E-state index contributed by atoms with van der Waals surface area (Å²) in [6, 6.07) is 8.84. The first-order valence-electron chi connectivity index (χ1n) is 4.69. The molecule has 0 saturated heterocycles. The zero-order valence-corrected chi connectivity index (χ0v) is 9.36. The van der Waals surface area contributed by atoms with Crippen molar-refractivity contribution in [1.82, 2.24) is 0 Å². The first kappa shape index (κ1) is 11.4. The maximum Gasteiger partial charge on any atom is 0.324 e. The minimum Gasteiger partial charge on any atom is -0.258 e. The lowest BCUT2D eigenvalue weighted by Crippen LogP contribution is -1.80. The molecular formula is C11H7FN2O2S. The van der Waals surface area contributed by atoms with E-state index >= 15 is 0 Å². The minimum absolute atomic E-state index is 0.0608. The van der Waals surface area contributed by atoms with E-state index in [0.29, 0.717) is 10.6 Å². The van der Waals surface area contributed by atoms with E-state index < -0.39 is 4.92 Å². The highest BCUT2D eigenvalue weighted by molar-refractivity contribution is 7.16. The number of hydrogen-bond donors (Lipinski definition) is 0. The van der Waals surface area contributed by atoms with Crippen molar-refractivity contribution in [2.75, 3.05) is 0 Å². The third-order valence-electron chi connectivity index (χ3n) is 1.94. The van der Waals surface area contributed by atoms with Gasteiger partial charge < -0.3 is 0 Å². The van der Waals surface area contributed by atoms with Crippen LogP contribution < -0.4 is 0 Å². The minimum atomic E-state index is -0.454. The van der Waals surface area contributed by atoms with Crippen LogP contribution in [0.2, 0.25) is 0 Å². The summed E-state index contributed by atoms with van der Waals surface area (Å²) in [4.78, 5) is 14.7.